The Labute approximate surface area is 156 Å². The monoisotopic (exact) mass is 358 g/mol. The molecule has 6 nitrogen and oxygen atoms in total. The zero-order chi connectivity index (χ0) is 18.1. The summed E-state index contributed by atoms with van der Waals surface area (Å²) in [6.45, 7) is 9.06. The van der Waals surface area contributed by atoms with E-state index in [0.717, 1.165) is 57.9 Å². The van der Waals surface area contributed by atoms with Crippen molar-refractivity contribution in [3.05, 3.63) is 29.8 Å². The number of likely N-dealkylation sites (N-methyl/N-ethyl adjacent to an activating group) is 1. The first-order valence-corrected chi connectivity index (χ1v) is 9.78. The predicted molar refractivity (Wildman–Crippen MR) is 103 cm³/mol. The normalized spacial score (nSPS) is 30.2. The molecule has 1 amide bonds. The van der Waals surface area contributed by atoms with Crippen LogP contribution in [0.2, 0.25) is 0 Å². The van der Waals surface area contributed by atoms with Crippen LogP contribution in [0, 0.1) is 0 Å². The Bertz CT molecular complexity index is 627. The van der Waals surface area contributed by atoms with E-state index in [-0.39, 0.29) is 11.9 Å². The van der Waals surface area contributed by atoms with Crippen LogP contribution in [0.25, 0.3) is 0 Å². The molecule has 0 radical (unpaired) electrons. The van der Waals surface area contributed by atoms with Gasteiger partial charge in [0.25, 0.3) is 5.91 Å². The number of hydrogen-bond donors (Lipinski definition) is 1. The number of nitrogens with one attached hydrogen (secondary N) is 1. The van der Waals surface area contributed by atoms with E-state index >= 15 is 0 Å². The first-order valence-electron chi connectivity index (χ1n) is 9.78. The molecule has 1 aromatic carbocycles. The van der Waals surface area contributed by atoms with Crippen molar-refractivity contribution < 1.29 is 9.53 Å². The quantitative estimate of drug-likeness (QED) is 0.875. The Morgan fingerprint density at radius 3 is 2.58 bits per heavy atom. The van der Waals surface area contributed by atoms with E-state index in [1.807, 2.05) is 12.1 Å². The molecule has 6 heteroatoms. The molecule has 3 heterocycles. The number of carbonyl (C=O) groups excluding carboxylic acids is 1. The first kappa shape index (κ1) is 17.8. The fourth-order valence-electron chi connectivity index (χ4n) is 4.30. The fraction of sp³-hybridized carbons (Fsp3) is 0.650. The van der Waals surface area contributed by atoms with Crippen LogP contribution in [0.1, 0.15) is 23.7 Å². The van der Waals surface area contributed by atoms with Crippen molar-refractivity contribution >= 4 is 11.6 Å². The van der Waals surface area contributed by atoms with Crippen molar-refractivity contribution in [1.29, 1.82) is 0 Å². The Balaban J connectivity index is 1.32. The number of anilines is 1. The predicted octanol–water partition coefficient (Wildman–Crippen LogP) is 1.03. The average Bonchev–Trinajstić information content (AvgIpc) is 3.03. The van der Waals surface area contributed by atoms with E-state index < -0.39 is 0 Å². The van der Waals surface area contributed by atoms with E-state index in [0.29, 0.717) is 12.1 Å². The molecule has 142 valence electrons. The average molecular weight is 358 g/mol. The summed E-state index contributed by atoms with van der Waals surface area (Å²) < 4.78 is 5.75. The Kier molecular flexibility index (Phi) is 5.16. The molecule has 3 atom stereocenters. The topological polar surface area (TPSA) is 48.1 Å². The van der Waals surface area contributed by atoms with Gasteiger partial charge in [0.05, 0.1) is 12.7 Å². The second-order valence-electron chi connectivity index (χ2n) is 7.99. The maximum absolute atomic E-state index is 12.6. The van der Waals surface area contributed by atoms with Gasteiger partial charge in [-0.05, 0) is 44.7 Å². The van der Waals surface area contributed by atoms with Gasteiger partial charge >= 0.3 is 0 Å². The van der Waals surface area contributed by atoms with Gasteiger partial charge in [-0.1, -0.05) is 0 Å². The van der Waals surface area contributed by atoms with E-state index in [9.17, 15) is 4.79 Å². The third-order valence-electron chi connectivity index (χ3n) is 5.93. The van der Waals surface area contributed by atoms with Crippen molar-refractivity contribution in [3.63, 3.8) is 0 Å². The van der Waals surface area contributed by atoms with Crippen LogP contribution in [-0.2, 0) is 4.74 Å². The molecule has 0 aromatic heterocycles. The first-order chi connectivity index (χ1) is 12.6. The van der Waals surface area contributed by atoms with Crippen LogP contribution >= 0.6 is 0 Å². The van der Waals surface area contributed by atoms with Crippen molar-refractivity contribution in [2.24, 2.45) is 0 Å². The lowest BCUT2D eigenvalue weighted by molar-refractivity contribution is -0.0390. The number of piperazine rings is 1. The molecule has 0 aliphatic carbocycles. The maximum atomic E-state index is 12.6. The molecule has 3 aliphatic heterocycles. The molecule has 1 N–H and O–H groups in total. The van der Waals surface area contributed by atoms with E-state index in [1.165, 1.54) is 5.69 Å². The zero-order valence-electron chi connectivity index (χ0n) is 15.9. The third-order valence-corrected chi connectivity index (χ3v) is 5.93. The highest BCUT2D eigenvalue weighted by atomic mass is 16.5. The fourth-order valence-corrected chi connectivity index (χ4v) is 4.30. The van der Waals surface area contributed by atoms with Gasteiger partial charge in [-0.3, -0.25) is 9.69 Å². The number of carbonyl (C=O) groups is 1. The van der Waals surface area contributed by atoms with Gasteiger partial charge < -0.3 is 19.9 Å². The molecule has 4 rings (SSSR count). The molecule has 1 aromatic rings. The lowest BCUT2D eigenvalue weighted by atomic mass is 10.1. The summed E-state index contributed by atoms with van der Waals surface area (Å²) in [6.07, 6.45) is 1.28. The van der Waals surface area contributed by atoms with Gasteiger partial charge in [-0.25, -0.2) is 0 Å². The minimum Gasteiger partial charge on any atom is -0.376 e. The number of rotatable bonds is 3. The van der Waals surface area contributed by atoms with Gasteiger partial charge in [0.1, 0.15) is 0 Å². The van der Waals surface area contributed by atoms with Crippen molar-refractivity contribution in [2.75, 3.05) is 57.8 Å². The highest BCUT2D eigenvalue weighted by Gasteiger charge is 2.36. The summed E-state index contributed by atoms with van der Waals surface area (Å²) in [5, 5.41) is 3.21. The number of nitrogens with zero attached hydrogens (tertiary/aromatic N) is 3. The Morgan fingerprint density at radius 1 is 1.12 bits per heavy atom. The molecular formula is C20H30N4O2. The molecule has 26 heavy (non-hydrogen) atoms. The standard InChI is InChI=1S/C20H30N4O2/c1-15-12-24-13-17(11-19(24)14-26-15)21-20(25)16-3-5-18(6-4-16)23-9-7-22(2)8-10-23/h3-6,15,17,19H,7-14H2,1-2H3,(H,21,25)/t15-,17+,19-/m0/s1. The Morgan fingerprint density at radius 2 is 1.85 bits per heavy atom. The van der Waals surface area contributed by atoms with E-state index in [4.69, 9.17) is 4.74 Å². The maximum Gasteiger partial charge on any atom is 0.251 e. The smallest absolute Gasteiger partial charge is 0.251 e. The molecule has 0 spiro atoms. The number of benzene rings is 1. The number of hydrogen-bond acceptors (Lipinski definition) is 5. The van der Waals surface area contributed by atoms with Crippen molar-refractivity contribution in [2.45, 2.75) is 31.5 Å². The van der Waals surface area contributed by atoms with Gasteiger partial charge in [-0.2, -0.15) is 0 Å². The highest BCUT2D eigenvalue weighted by Crippen LogP contribution is 2.23. The minimum absolute atomic E-state index is 0.0359. The van der Waals surface area contributed by atoms with Crippen LogP contribution in [-0.4, -0.2) is 86.8 Å². The largest absolute Gasteiger partial charge is 0.376 e. The second kappa shape index (κ2) is 7.55. The van der Waals surface area contributed by atoms with Crippen LogP contribution in [0.4, 0.5) is 5.69 Å². The minimum atomic E-state index is 0.0359. The summed E-state index contributed by atoms with van der Waals surface area (Å²) >= 11 is 0. The van der Waals surface area contributed by atoms with Crippen LogP contribution in [0.15, 0.2) is 24.3 Å². The molecule has 3 fully saturated rings. The van der Waals surface area contributed by atoms with Crippen molar-refractivity contribution in [3.8, 4) is 0 Å². The molecule has 0 unspecified atom stereocenters. The van der Waals surface area contributed by atoms with Crippen LogP contribution < -0.4 is 10.2 Å². The summed E-state index contributed by atoms with van der Waals surface area (Å²) in [5.41, 5.74) is 1.95. The number of morpholine rings is 1. The van der Waals surface area contributed by atoms with Gasteiger partial charge in [0.15, 0.2) is 0 Å². The number of ether oxygens (including phenoxy) is 1. The van der Waals surface area contributed by atoms with E-state index in [2.05, 4.69) is 46.1 Å². The molecule has 3 aliphatic rings. The summed E-state index contributed by atoms with van der Waals surface area (Å²) in [7, 11) is 2.16. The summed E-state index contributed by atoms with van der Waals surface area (Å²) in [4.78, 5) is 19.8. The zero-order valence-corrected chi connectivity index (χ0v) is 15.9. The van der Waals surface area contributed by atoms with Crippen LogP contribution in [0.5, 0.6) is 0 Å². The SMILES string of the molecule is C[C@H]1CN2C[C@H](NC(=O)c3ccc(N4CCN(C)CC4)cc3)C[C@H]2CO1. The molecule has 0 saturated carbocycles. The molecule has 0 bridgehead atoms. The number of amides is 1. The molecular weight excluding hydrogens is 328 g/mol. The highest BCUT2D eigenvalue weighted by molar-refractivity contribution is 5.94. The number of fused-ring (bicyclic) bond motifs is 1. The van der Waals surface area contributed by atoms with Gasteiger partial charge in [-0.15, -0.1) is 0 Å². The lowest BCUT2D eigenvalue weighted by Crippen LogP contribution is -2.45. The summed E-state index contributed by atoms with van der Waals surface area (Å²) in [6, 6.07) is 8.74. The third kappa shape index (κ3) is 3.87. The molecule has 3 saturated heterocycles. The Hall–Kier alpha value is -1.63. The lowest BCUT2D eigenvalue weighted by Gasteiger charge is -2.34. The summed E-state index contributed by atoms with van der Waals surface area (Å²) in [5.74, 6) is 0.0359. The van der Waals surface area contributed by atoms with E-state index in [1.54, 1.807) is 0 Å². The van der Waals surface area contributed by atoms with Gasteiger partial charge in [0.2, 0.25) is 0 Å². The second-order valence-corrected chi connectivity index (χ2v) is 7.99. The van der Waals surface area contributed by atoms with Gasteiger partial charge in [0, 0.05) is 62.6 Å². The van der Waals surface area contributed by atoms with Crippen molar-refractivity contribution in [1.82, 2.24) is 15.1 Å². The van der Waals surface area contributed by atoms with Crippen LogP contribution in [0.3, 0.4) is 0 Å².